The van der Waals surface area contributed by atoms with Crippen LogP contribution < -0.4 is 9.47 Å². The molecule has 0 saturated carbocycles. The third-order valence-corrected chi connectivity index (χ3v) is 3.52. The molecule has 2 rings (SSSR count). The lowest BCUT2D eigenvalue weighted by atomic mass is 10.0. The number of rotatable bonds is 4. The number of ether oxygens (including phenoxy) is 2. The van der Waals surface area contributed by atoms with Crippen molar-refractivity contribution >= 4 is 29.0 Å². The zero-order chi connectivity index (χ0) is 15.6. The summed E-state index contributed by atoms with van der Waals surface area (Å²) in [5, 5.41) is 0.00877. The van der Waals surface area contributed by atoms with E-state index in [1.54, 1.807) is 0 Å². The van der Waals surface area contributed by atoms with Crippen molar-refractivity contribution in [1.29, 1.82) is 0 Å². The molecule has 0 atom stereocenters. The summed E-state index contributed by atoms with van der Waals surface area (Å²) in [6.45, 7) is 0. The van der Waals surface area contributed by atoms with Gasteiger partial charge < -0.3 is 9.47 Å². The van der Waals surface area contributed by atoms with E-state index >= 15 is 0 Å². The Morgan fingerprint density at radius 1 is 1.00 bits per heavy atom. The molecule has 0 spiro atoms. The Morgan fingerprint density at radius 3 is 2.24 bits per heavy atom. The Balaban J connectivity index is 2.56. The van der Waals surface area contributed by atoms with Crippen molar-refractivity contribution in [2.75, 3.05) is 14.2 Å². The van der Waals surface area contributed by atoms with Gasteiger partial charge in [-0.2, -0.15) is 0 Å². The van der Waals surface area contributed by atoms with Crippen LogP contribution in [0.5, 0.6) is 11.5 Å². The molecule has 0 amide bonds. The van der Waals surface area contributed by atoms with E-state index in [0.717, 1.165) is 0 Å². The first-order valence-electron chi connectivity index (χ1n) is 5.89. The minimum Gasteiger partial charge on any atom is -0.493 e. The van der Waals surface area contributed by atoms with E-state index in [9.17, 15) is 9.18 Å². The second-order valence-electron chi connectivity index (χ2n) is 4.12. The smallest absolute Gasteiger partial charge is 0.197 e. The third-order valence-electron chi connectivity index (χ3n) is 2.91. The van der Waals surface area contributed by atoms with Gasteiger partial charge in [0.25, 0.3) is 0 Å². The van der Waals surface area contributed by atoms with Gasteiger partial charge in [0.2, 0.25) is 0 Å². The molecule has 2 aromatic rings. The minimum atomic E-state index is -0.782. The molecule has 2 aromatic carbocycles. The van der Waals surface area contributed by atoms with Gasteiger partial charge in [0.05, 0.1) is 29.8 Å². The molecule has 0 heterocycles. The Bertz CT molecular complexity index is 702. The zero-order valence-corrected chi connectivity index (χ0v) is 12.8. The molecule has 0 aliphatic heterocycles. The standard InChI is InChI=1S/C15H11Cl2FO3/c1-20-12-6-9(11(17)7-13(12)21-2)15(19)8-4-3-5-10(16)14(8)18/h3-7H,1-2H3. The fourth-order valence-corrected chi connectivity index (χ4v) is 2.27. The molecule has 0 fully saturated rings. The predicted octanol–water partition coefficient (Wildman–Crippen LogP) is 4.38. The average molecular weight is 329 g/mol. The maximum Gasteiger partial charge on any atom is 0.197 e. The first-order chi connectivity index (χ1) is 9.99. The molecule has 6 heteroatoms. The first-order valence-corrected chi connectivity index (χ1v) is 6.65. The highest BCUT2D eigenvalue weighted by Gasteiger charge is 2.21. The molecule has 21 heavy (non-hydrogen) atoms. The molecule has 0 radical (unpaired) electrons. The van der Waals surface area contributed by atoms with Crippen LogP contribution in [0.4, 0.5) is 4.39 Å². The Kier molecular flexibility index (Phi) is 4.70. The summed E-state index contributed by atoms with van der Waals surface area (Å²) in [4.78, 5) is 12.4. The highest BCUT2D eigenvalue weighted by Crippen LogP contribution is 2.34. The van der Waals surface area contributed by atoms with Crippen LogP contribution in [0.1, 0.15) is 15.9 Å². The van der Waals surface area contributed by atoms with E-state index in [-0.39, 0.29) is 21.2 Å². The Morgan fingerprint density at radius 2 is 1.62 bits per heavy atom. The molecule has 0 unspecified atom stereocenters. The fraction of sp³-hybridized carbons (Fsp3) is 0.133. The van der Waals surface area contributed by atoms with Crippen molar-refractivity contribution in [2.24, 2.45) is 0 Å². The number of carbonyl (C=O) groups is 1. The summed E-state index contributed by atoms with van der Waals surface area (Å²) in [6, 6.07) is 7.05. The van der Waals surface area contributed by atoms with E-state index in [1.807, 2.05) is 0 Å². The van der Waals surface area contributed by atoms with E-state index in [4.69, 9.17) is 32.7 Å². The number of hydrogen-bond donors (Lipinski definition) is 0. The molecule has 0 aliphatic carbocycles. The summed E-state index contributed by atoms with van der Waals surface area (Å²) in [6.07, 6.45) is 0. The van der Waals surface area contributed by atoms with E-state index in [0.29, 0.717) is 11.5 Å². The molecular weight excluding hydrogens is 318 g/mol. The molecular formula is C15H11Cl2FO3. The molecule has 0 aromatic heterocycles. The number of ketones is 1. The van der Waals surface area contributed by atoms with Crippen molar-refractivity contribution < 1.29 is 18.7 Å². The highest BCUT2D eigenvalue weighted by molar-refractivity contribution is 6.35. The monoisotopic (exact) mass is 328 g/mol. The summed E-state index contributed by atoms with van der Waals surface area (Å²) in [5.41, 5.74) is -0.0490. The predicted molar refractivity (Wildman–Crippen MR) is 79.4 cm³/mol. The van der Waals surface area contributed by atoms with Gasteiger partial charge in [0, 0.05) is 11.6 Å². The second kappa shape index (κ2) is 6.33. The van der Waals surface area contributed by atoms with Gasteiger partial charge in [-0.1, -0.05) is 29.3 Å². The molecule has 0 bridgehead atoms. The van der Waals surface area contributed by atoms with Gasteiger partial charge in [0.15, 0.2) is 23.1 Å². The van der Waals surface area contributed by atoms with Crippen LogP contribution in [0.15, 0.2) is 30.3 Å². The number of halogens is 3. The van der Waals surface area contributed by atoms with Crippen LogP contribution in [0, 0.1) is 5.82 Å². The molecule has 110 valence electrons. The van der Waals surface area contributed by atoms with Crippen molar-refractivity contribution in [1.82, 2.24) is 0 Å². The molecule has 0 N–H and O–H groups in total. The topological polar surface area (TPSA) is 35.5 Å². The van der Waals surface area contributed by atoms with Gasteiger partial charge >= 0.3 is 0 Å². The lowest BCUT2D eigenvalue weighted by Crippen LogP contribution is -2.06. The minimum absolute atomic E-state index is 0.107. The second-order valence-corrected chi connectivity index (χ2v) is 4.93. The van der Waals surface area contributed by atoms with Crippen LogP contribution >= 0.6 is 23.2 Å². The van der Waals surface area contributed by atoms with Crippen molar-refractivity contribution in [3.8, 4) is 11.5 Å². The average Bonchev–Trinajstić information content (AvgIpc) is 2.49. The van der Waals surface area contributed by atoms with Gasteiger partial charge in [-0.3, -0.25) is 4.79 Å². The maximum atomic E-state index is 13.9. The molecule has 0 saturated heterocycles. The number of hydrogen-bond acceptors (Lipinski definition) is 3. The lowest BCUT2D eigenvalue weighted by molar-refractivity contribution is 0.103. The van der Waals surface area contributed by atoms with E-state index in [1.165, 1.54) is 44.6 Å². The van der Waals surface area contributed by atoms with Gasteiger partial charge in [0.1, 0.15) is 0 Å². The van der Waals surface area contributed by atoms with Gasteiger partial charge in [-0.05, 0) is 18.2 Å². The van der Waals surface area contributed by atoms with Crippen molar-refractivity contribution in [3.63, 3.8) is 0 Å². The van der Waals surface area contributed by atoms with Gasteiger partial charge in [-0.15, -0.1) is 0 Å². The SMILES string of the molecule is COc1cc(Cl)c(C(=O)c2cccc(Cl)c2F)cc1OC. The zero-order valence-electron chi connectivity index (χ0n) is 11.2. The number of carbonyl (C=O) groups excluding carboxylic acids is 1. The van der Waals surface area contributed by atoms with E-state index in [2.05, 4.69) is 0 Å². The number of benzene rings is 2. The van der Waals surface area contributed by atoms with Crippen LogP contribution in [0.25, 0.3) is 0 Å². The largest absolute Gasteiger partial charge is 0.493 e. The summed E-state index contributed by atoms with van der Waals surface area (Å²) >= 11 is 11.7. The Labute approximate surface area is 131 Å². The third kappa shape index (κ3) is 2.96. The summed E-state index contributed by atoms with van der Waals surface area (Å²) in [5.74, 6) is -0.658. The quantitative estimate of drug-likeness (QED) is 0.781. The van der Waals surface area contributed by atoms with Crippen LogP contribution in [-0.2, 0) is 0 Å². The summed E-state index contributed by atoms with van der Waals surface area (Å²) < 4.78 is 24.1. The summed E-state index contributed by atoms with van der Waals surface area (Å²) in [7, 11) is 2.88. The van der Waals surface area contributed by atoms with Gasteiger partial charge in [-0.25, -0.2) is 4.39 Å². The molecule has 0 aliphatic rings. The lowest BCUT2D eigenvalue weighted by Gasteiger charge is -2.11. The normalized spacial score (nSPS) is 10.3. The van der Waals surface area contributed by atoms with Crippen LogP contribution in [0.3, 0.4) is 0 Å². The van der Waals surface area contributed by atoms with Crippen LogP contribution in [0.2, 0.25) is 10.0 Å². The van der Waals surface area contributed by atoms with Crippen molar-refractivity contribution in [2.45, 2.75) is 0 Å². The van der Waals surface area contributed by atoms with Crippen molar-refractivity contribution in [3.05, 3.63) is 57.3 Å². The number of methoxy groups -OCH3 is 2. The highest BCUT2D eigenvalue weighted by atomic mass is 35.5. The van der Waals surface area contributed by atoms with Crippen LogP contribution in [-0.4, -0.2) is 20.0 Å². The fourth-order valence-electron chi connectivity index (χ4n) is 1.85. The maximum absolute atomic E-state index is 13.9. The molecule has 3 nitrogen and oxygen atoms in total. The first kappa shape index (κ1) is 15.6. The Hall–Kier alpha value is -1.78. The van der Waals surface area contributed by atoms with E-state index < -0.39 is 11.6 Å².